The van der Waals surface area contributed by atoms with Crippen molar-refractivity contribution in [1.82, 2.24) is 23.3 Å². The standard InChI is InChI=1S/C23H28N6O4/c1-26-15(9-13-10-17(33-4)7-8-18(13)26)12-29-21(31)19-20(28(3)23(29)32)25-22(27(19)2)24-14-5-6-16(30)11-14/h7-10,14,16,30H,5-6,11-12H2,1-4H3,(H,24,25)/t14-,16+/m1/s1. The Morgan fingerprint density at radius 2 is 1.91 bits per heavy atom. The van der Waals surface area contributed by atoms with Gasteiger partial charge in [0.05, 0.1) is 19.8 Å². The van der Waals surface area contributed by atoms with Crippen LogP contribution >= 0.6 is 0 Å². The molecule has 0 amide bonds. The van der Waals surface area contributed by atoms with E-state index in [1.165, 1.54) is 9.13 Å². The van der Waals surface area contributed by atoms with Gasteiger partial charge in [-0.1, -0.05) is 0 Å². The van der Waals surface area contributed by atoms with Crippen molar-refractivity contribution in [3.05, 3.63) is 50.8 Å². The van der Waals surface area contributed by atoms with Crippen molar-refractivity contribution in [2.45, 2.75) is 38.0 Å². The largest absolute Gasteiger partial charge is 0.497 e. The van der Waals surface area contributed by atoms with Crippen LogP contribution in [0, 0.1) is 0 Å². The van der Waals surface area contributed by atoms with E-state index in [0.29, 0.717) is 23.5 Å². The second-order valence-corrected chi connectivity index (χ2v) is 8.83. The van der Waals surface area contributed by atoms with Gasteiger partial charge in [0.15, 0.2) is 11.2 Å². The first-order valence-electron chi connectivity index (χ1n) is 11.0. The van der Waals surface area contributed by atoms with Crippen LogP contribution in [0.5, 0.6) is 5.75 Å². The number of nitrogens with zero attached hydrogens (tertiary/aromatic N) is 5. The summed E-state index contributed by atoms with van der Waals surface area (Å²) >= 11 is 0. The minimum Gasteiger partial charge on any atom is -0.497 e. The van der Waals surface area contributed by atoms with Gasteiger partial charge in [0.25, 0.3) is 5.56 Å². The summed E-state index contributed by atoms with van der Waals surface area (Å²) in [4.78, 5) is 31.1. The second kappa shape index (κ2) is 7.80. The summed E-state index contributed by atoms with van der Waals surface area (Å²) in [6.45, 7) is 0.137. The van der Waals surface area contributed by atoms with Gasteiger partial charge in [-0.2, -0.15) is 4.98 Å². The van der Waals surface area contributed by atoms with Crippen LogP contribution in [0.15, 0.2) is 33.9 Å². The fraction of sp³-hybridized carbons (Fsp3) is 0.435. The molecule has 10 heteroatoms. The van der Waals surface area contributed by atoms with E-state index in [1.807, 2.05) is 35.9 Å². The second-order valence-electron chi connectivity index (χ2n) is 8.83. The molecule has 0 saturated heterocycles. The van der Waals surface area contributed by atoms with Crippen LogP contribution in [-0.4, -0.2) is 47.6 Å². The Labute approximate surface area is 189 Å². The fourth-order valence-corrected chi connectivity index (χ4v) is 4.81. The summed E-state index contributed by atoms with van der Waals surface area (Å²) in [5, 5.41) is 14.1. The van der Waals surface area contributed by atoms with Crippen molar-refractivity contribution in [3.8, 4) is 5.75 Å². The number of hydrogen-bond acceptors (Lipinski definition) is 6. The molecular weight excluding hydrogens is 424 g/mol. The number of rotatable bonds is 5. The van der Waals surface area contributed by atoms with E-state index in [4.69, 9.17) is 4.74 Å². The third-order valence-electron chi connectivity index (χ3n) is 6.77. The van der Waals surface area contributed by atoms with Crippen molar-refractivity contribution >= 4 is 28.0 Å². The normalized spacial score (nSPS) is 18.5. The highest BCUT2D eigenvalue weighted by molar-refractivity contribution is 5.83. The van der Waals surface area contributed by atoms with Gasteiger partial charge in [0.1, 0.15) is 5.75 Å². The first-order valence-corrected chi connectivity index (χ1v) is 11.0. The number of nitrogens with one attached hydrogen (secondary N) is 1. The molecule has 1 fully saturated rings. The number of aromatic nitrogens is 5. The van der Waals surface area contributed by atoms with E-state index in [-0.39, 0.29) is 24.2 Å². The number of anilines is 1. The highest BCUT2D eigenvalue weighted by Gasteiger charge is 2.25. The molecule has 174 valence electrons. The van der Waals surface area contributed by atoms with Crippen LogP contribution in [0.2, 0.25) is 0 Å². The molecule has 0 bridgehead atoms. The van der Waals surface area contributed by atoms with Crippen LogP contribution < -0.4 is 21.3 Å². The van der Waals surface area contributed by atoms with Crippen LogP contribution in [0.4, 0.5) is 5.95 Å². The lowest BCUT2D eigenvalue weighted by Gasteiger charge is -2.12. The Bertz CT molecular complexity index is 1490. The summed E-state index contributed by atoms with van der Waals surface area (Å²) in [6, 6.07) is 7.83. The molecule has 4 aromatic rings. The number of methoxy groups -OCH3 is 1. The van der Waals surface area contributed by atoms with Crippen LogP contribution in [0.1, 0.15) is 25.0 Å². The SMILES string of the molecule is COc1ccc2c(c1)cc(Cn1c(=O)c3c(nc(N[C@@H]4CC[C@H](O)C4)n3C)n(C)c1=O)n2C. The average Bonchev–Trinajstić information content (AvgIpc) is 3.45. The van der Waals surface area contributed by atoms with E-state index >= 15 is 0 Å². The minimum absolute atomic E-state index is 0.0857. The van der Waals surface area contributed by atoms with Gasteiger partial charge >= 0.3 is 5.69 Å². The number of aliphatic hydroxyl groups excluding tert-OH is 1. The van der Waals surface area contributed by atoms with Crippen molar-refractivity contribution in [2.75, 3.05) is 12.4 Å². The number of hydrogen-bond donors (Lipinski definition) is 2. The molecule has 3 aromatic heterocycles. The lowest BCUT2D eigenvalue weighted by atomic mass is 10.2. The zero-order valence-electron chi connectivity index (χ0n) is 19.2. The molecule has 0 radical (unpaired) electrons. The van der Waals surface area contributed by atoms with E-state index in [2.05, 4.69) is 10.3 Å². The zero-order chi connectivity index (χ0) is 23.4. The summed E-state index contributed by atoms with van der Waals surface area (Å²) in [7, 11) is 6.93. The maximum atomic E-state index is 13.4. The quantitative estimate of drug-likeness (QED) is 0.473. The van der Waals surface area contributed by atoms with Crippen molar-refractivity contribution in [1.29, 1.82) is 0 Å². The highest BCUT2D eigenvalue weighted by Crippen LogP contribution is 2.25. The predicted octanol–water partition coefficient (Wildman–Crippen LogP) is 1.31. The molecule has 3 heterocycles. The van der Waals surface area contributed by atoms with E-state index in [0.717, 1.165) is 35.2 Å². The Morgan fingerprint density at radius 1 is 1.12 bits per heavy atom. The van der Waals surface area contributed by atoms with Gasteiger partial charge in [-0.3, -0.25) is 13.9 Å². The maximum Gasteiger partial charge on any atom is 0.332 e. The highest BCUT2D eigenvalue weighted by atomic mass is 16.5. The van der Waals surface area contributed by atoms with Gasteiger partial charge in [0, 0.05) is 43.8 Å². The van der Waals surface area contributed by atoms with Gasteiger partial charge < -0.3 is 24.3 Å². The molecule has 1 aromatic carbocycles. The number of aliphatic hydroxyl groups is 1. The van der Waals surface area contributed by atoms with Gasteiger partial charge in [0.2, 0.25) is 5.95 Å². The molecule has 0 unspecified atom stereocenters. The molecule has 1 aliphatic carbocycles. The molecule has 5 rings (SSSR count). The molecule has 0 aliphatic heterocycles. The first-order chi connectivity index (χ1) is 15.8. The molecule has 10 nitrogen and oxygen atoms in total. The molecule has 1 saturated carbocycles. The molecule has 2 N–H and O–H groups in total. The number of ether oxygens (including phenoxy) is 1. The number of benzene rings is 1. The fourth-order valence-electron chi connectivity index (χ4n) is 4.81. The third kappa shape index (κ3) is 3.41. The topological polar surface area (TPSA) is 108 Å². The van der Waals surface area contributed by atoms with Gasteiger partial charge in [-0.25, -0.2) is 4.79 Å². The van der Waals surface area contributed by atoms with Crippen LogP contribution in [0.25, 0.3) is 22.1 Å². The van der Waals surface area contributed by atoms with Crippen LogP contribution in [0.3, 0.4) is 0 Å². The number of aryl methyl sites for hydroxylation is 3. The maximum absolute atomic E-state index is 13.4. The first kappa shape index (κ1) is 21.3. The monoisotopic (exact) mass is 452 g/mol. The Morgan fingerprint density at radius 3 is 2.61 bits per heavy atom. The van der Waals surface area contributed by atoms with E-state index in [1.54, 1.807) is 25.8 Å². The Balaban J connectivity index is 1.58. The minimum atomic E-state index is -0.420. The van der Waals surface area contributed by atoms with Crippen molar-refractivity contribution < 1.29 is 9.84 Å². The predicted molar refractivity (Wildman–Crippen MR) is 126 cm³/mol. The number of imidazole rings is 1. The summed E-state index contributed by atoms with van der Waals surface area (Å²) in [5.74, 6) is 1.27. The van der Waals surface area contributed by atoms with Crippen molar-refractivity contribution in [2.24, 2.45) is 21.1 Å². The summed E-state index contributed by atoms with van der Waals surface area (Å²) < 4.78 is 11.7. The zero-order valence-corrected chi connectivity index (χ0v) is 19.2. The summed E-state index contributed by atoms with van der Waals surface area (Å²) in [6.07, 6.45) is 1.89. The molecule has 0 spiro atoms. The van der Waals surface area contributed by atoms with E-state index < -0.39 is 5.69 Å². The smallest absolute Gasteiger partial charge is 0.332 e. The van der Waals surface area contributed by atoms with Crippen LogP contribution in [-0.2, 0) is 27.7 Å². The molecular formula is C23H28N6O4. The Kier molecular flexibility index (Phi) is 5.04. The molecule has 33 heavy (non-hydrogen) atoms. The average molecular weight is 453 g/mol. The number of fused-ring (bicyclic) bond motifs is 2. The molecule has 2 atom stereocenters. The van der Waals surface area contributed by atoms with Gasteiger partial charge in [-0.05, 0) is 43.5 Å². The lowest BCUT2D eigenvalue weighted by Crippen LogP contribution is -2.40. The van der Waals surface area contributed by atoms with E-state index in [9.17, 15) is 14.7 Å². The van der Waals surface area contributed by atoms with Gasteiger partial charge in [-0.15, -0.1) is 0 Å². The lowest BCUT2D eigenvalue weighted by molar-refractivity contribution is 0.182. The Hall–Kier alpha value is -3.53. The third-order valence-corrected chi connectivity index (χ3v) is 6.77. The van der Waals surface area contributed by atoms with Crippen molar-refractivity contribution in [3.63, 3.8) is 0 Å². The molecule has 1 aliphatic rings. The summed E-state index contributed by atoms with van der Waals surface area (Å²) in [5.41, 5.74) is 1.71.